The quantitative estimate of drug-likeness (QED) is 0.550. The maximum absolute atomic E-state index is 13.1. The fourth-order valence-electron chi connectivity index (χ4n) is 4.22. The molecule has 7 nitrogen and oxygen atoms in total. The van der Waals surface area contributed by atoms with E-state index in [9.17, 15) is 9.59 Å². The maximum Gasteiger partial charge on any atom is 0.322 e. The number of likely N-dealkylation sites (tertiary alicyclic amines) is 1. The Labute approximate surface area is 190 Å². The number of carbonyl (C=O) groups excluding carboxylic acids is 2. The predicted octanol–water partition coefficient (Wildman–Crippen LogP) is 3.07. The molecule has 3 atom stereocenters. The Kier molecular flexibility index (Phi) is 7.73. The summed E-state index contributed by atoms with van der Waals surface area (Å²) in [4.78, 5) is 29.7. The number of hydrogen-bond donors (Lipinski definition) is 2. The van der Waals surface area contributed by atoms with Gasteiger partial charge in [0, 0.05) is 50.1 Å². The zero-order valence-electron chi connectivity index (χ0n) is 19.2. The van der Waals surface area contributed by atoms with Gasteiger partial charge in [0.05, 0.1) is 6.10 Å². The molecule has 3 rings (SSSR count). The van der Waals surface area contributed by atoms with E-state index >= 15 is 0 Å². The summed E-state index contributed by atoms with van der Waals surface area (Å²) < 4.78 is 5.44. The summed E-state index contributed by atoms with van der Waals surface area (Å²) in [7, 11) is 3.69. The second-order valence-corrected chi connectivity index (χ2v) is 8.26. The molecular formula is C25H32N4O3. The smallest absolute Gasteiger partial charge is 0.322 e. The Balaban J connectivity index is 1.74. The van der Waals surface area contributed by atoms with Gasteiger partial charge in [0.1, 0.15) is 6.04 Å². The van der Waals surface area contributed by atoms with E-state index in [1.54, 1.807) is 19.3 Å². The summed E-state index contributed by atoms with van der Waals surface area (Å²) in [5.74, 6) is 2.27. The zero-order chi connectivity index (χ0) is 23.3. The van der Waals surface area contributed by atoms with Crippen LogP contribution in [0.25, 0.3) is 0 Å². The highest BCUT2D eigenvalue weighted by Gasteiger charge is 2.39. The van der Waals surface area contributed by atoms with Crippen LogP contribution in [0.15, 0.2) is 42.1 Å². The maximum atomic E-state index is 13.1. The third kappa shape index (κ3) is 5.21. The van der Waals surface area contributed by atoms with Crippen molar-refractivity contribution in [3.05, 3.63) is 53.3 Å². The molecular weight excluding hydrogens is 404 g/mol. The third-order valence-electron chi connectivity index (χ3n) is 6.28. The van der Waals surface area contributed by atoms with Gasteiger partial charge in [-0.15, -0.1) is 6.42 Å². The van der Waals surface area contributed by atoms with Crippen molar-refractivity contribution in [1.29, 1.82) is 0 Å². The molecule has 32 heavy (non-hydrogen) atoms. The zero-order valence-corrected chi connectivity index (χ0v) is 19.2. The molecule has 1 fully saturated rings. The molecule has 7 heteroatoms. The van der Waals surface area contributed by atoms with Gasteiger partial charge in [-0.05, 0) is 56.7 Å². The van der Waals surface area contributed by atoms with Crippen molar-refractivity contribution < 1.29 is 14.3 Å². The SMILES string of the molecule is C#CC(=CNC(=O)N1CC(OC)C[C@@H]1C(=O)Nc1ccc2c(c1)C(C)N(C)CC2)/C=C\C. The fourth-order valence-corrected chi connectivity index (χ4v) is 4.22. The lowest BCUT2D eigenvalue weighted by Crippen LogP contribution is -2.46. The summed E-state index contributed by atoms with van der Waals surface area (Å²) in [6.45, 7) is 5.36. The molecule has 0 aromatic heterocycles. The molecule has 0 saturated carbocycles. The van der Waals surface area contributed by atoms with Crippen LogP contribution in [0.3, 0.4) is 0 Å². The lowest BCUT2D eigenvalue weighted by atomic mass is 9.93. The lowest BCUT2D eigenvalue weighted by molar-refractivity contribution is -0.119. The summed E-state index contributed by atoms with van der Waals surface area (Å²) in [5.41, 5.74) is 3.81. The molecule has 2 aliphatic heterocycles. The van der Waals surface area contributed by atoms with Gasteiger partial charge in [0.25, 0.3) is 0 Å². The number of amides is 3. The Hall–Kier alpha value is -3.08. The van der Waals surface area contributed by atoms with Gasteiger partial charge in [-0.25, -0.2) is 4.79 Å². The molecule has 0 radical (unpaired) electrons. The first-order valence-corrected chi connectivity index (χ1v) is 10.9. The molecule has 3 amide bonds. The molecule has 2 heterocycles. The molecule has 1 saturated heterocycles. The van der Waals surface area contributed by atoms with Crippen LogP contribution in [0.2, 0.25) is 0 Å². The van der Waals surface area contributed by atoms with Crippen LogP contribution in [-0.2, 0) is 16.0 Å². The van der Waals surface area contributed by atoms with Crippen LogP contribution in [0, 0.1) is 12.3 Å². The average molecular weight is 437 g/mol. The van der Waals surface area contributed by atoms with Crippen molar-refractivity contribution in [1.82, 2.24) is 15.1 Å². The third-order valence-corrected chi connectivity index (χ3v) is 6.28. The van der Waals surface area contributed by atoms with Crippen LogP contribution < -0.4 is 10.6 Å². The predicted molar refractivity (Wildman–Crippen MR) is 126 cm³/mol. The van der Waals surface area contributed by atoms with Gasteiger partial charge in [-0.1, -0.05) is 18.1 Å². The van der Waals surface area contributed by atoms with Gasteiger partial charge in [0.15, 0.2) is 0 Å². The number of nitrogens with zero attached hydrogens (tertiary/aromatic N) is 2. The number of fused-ring (bicyclic) bond motifs is 1. The summed E-state index contributed by atoms with van der Waals surface area (Å²) in [5, 5.41) is 5.70. The minimum absolute atomic E-state index is 0.208. The highest BCUT2D eigenvalue weighted by molar-refractivity contribution is 5.97. The minimum Gasteiger partial charge on any atom is -0.380 e. The average Bonchev–Trinajstić information content (AvgIpc) is 3.24. The summed E-state index contributed by atoms with van der Waals surface area (Å²) >= 11 is 0. The standard InChI is InChI=1S/C25H32N4O3/c1-6-8-18(7-2)15-26-25(31)29-16-21(32-5)14-23(29)24(30)27-20-10-9-19-11-12-28(4)17(3)22(19)13-20/h2,6,8-10,13,15,17,21,23H,11-12,14,16H2,1,3-5H3,(H,26,31)(H,27,30)/b8-6-,18-15?/t17?,21?,23-/m1/s1. The van der Waals surface area contributed by atoms with E-state index in [1.807, 2.05) is 19.1 Å². The Bertz CT molecular complexity index is 962. The van der Waals surface area contributed by atoms with Crippen molar-refractivity contribution in [2.45, 2.75) is 44.9 Å². The number of methoxy groups -OCH3 is 1. The van der Waals surface area contributed by atoms with Gasteiger partial charge in [-0.2, -0.15) is 0 Å². The fraction of sp³-hybridized carbons (Fsp3) is 0.440. The van der Waals surface area contributed by atoms with Crippen LogP contribution in [0.5, 0.6) is 0 Å². The molecule has 0 aliphatic carbocycles. The Morgan fingerprint density at radius 1 is 1.34 bits per heavy atom. The van der Waals surface area contributed by atoms with Crippen LogP contribution >= 0.6 is 0 Å². The van der Waals surface area contributed by atoms with Crippen molar-refractivity contribution in [2.75, 3.05) is 32.6 Å². The van der Waals surface area contributed by atoms with E-state index in [-0.39, 0.29) is 24.1 Å². The second kappa shape index (κ2) is 10.5. The van der Waals surface area contributed by atoms with E-state index in [0.29, 0.717) is 18.5 Å². The highest BCUT2D eigenvalue weighted by atomic mass is 16.5. The summed E-state index contributed by atoms with van der Waals surface area (Å²) in [6, 6.07) is 5.32. The topological polar surface area (TPSA) is 73.9 Å². The first-order chi connectivity index (χ1) is 15.4. The summed E-state index contributed by atoms with van der Waals surface area (Å²) in [6.07, 6.45) is 11.7. The number of anilines is 1. The van der Waals surface area contributed by atoms with Gasteiger partial charge < -0.3 is 20.3 Å². The monoisotopic (exact) mass is 436 g/mol. The number of benzene rings is 1. The first-order valence-electron chi connectivity index (χ1n) is 10.9. The van der Waals surface area contributed by atoms with Crippen molar-refractivity contribution in [2.24, 2.45) is 0 Å². The lowest BCUT2D eigenvalue weighted by Gasteiger charge is -2.32. The number of carbonyl (C=O) groups is 2. The second-order valence-electron chi connectivity index (χ2n) is 8.26. The van der Waals surface area contributed by atoms with Crippen LogP contribution in [-0.4, -0.2) is 61.1 Å². The normalized spacial score (nSPS) is 23.7. The van der Waals surface area contributed by atoms with E-state index in [4.69, 9.17) is 11.2 Å². The van der Waals surface area contributed by atoms with Crippen LogP contribution in [0.4, 0.5) is 10.5 Å². The van der Waals surface area contributed by atoms with E-state index in [1.165, 1.54) is 22.2 Å². The Morgan fingerprint density at radius 3 is 2.81 bits per heavy atom. The first kappa shape index (κ1) is 23.6. The van der Waals surface area contributed by atoms with E-state index < -0.39 is 6.04 Å². The highest BCUT2D eigenvalue weighted by Crippen LogP contribution is 2.31. The van der Waals surface area contributed by atoms with Crippen LogP contribution in [0.1, 0.15) is 37.4 Å². The van der Waals surface area contributed by atoms with Crippen molar-refractivity contribution in [3.63, 3.8) is 0 Å². The molecule has 2 aliphatic rings. The van der Waals surface area contributed by atoms with Crippen molar-refractivity contribution in [3.8, 4) is 12.3 Å². The molecule has 0 bridgehead atoms. The van der Waals surface area contributed by atoms with E-state index in [0.717, 1.165) is 18.7 Å². The number of allylic oxidation sites excluding steroid dienone is 3. The van der Waals surface area contributed by atoms with Gasteiger partial charge in [-0.3, -0.25) is 9.69 Å². The number of nitrogens with one attached hydrogen (secondary N) is 2. The number of urea groups is 1. The number of likely N-dealkylation sites (N-methyl/N-ethyl adjacent to an activating group) is 1. The molecule has 2 N–H and O–H groups in total. The number of terminal acetylenes is 1. The number of rotatable bonds is 5. The molecule has 2 unspecified atom stereocenters. The molecule has 1 aromatic carbocycles. The molecule has 1 aromatic rings. The van der Waals surface area contributed by atoms with Gasteiger partial charge >= 0.3 is 6.03 Å². The molecule has 0 spiro atoms. The van der Waals surface area contributed by atoms with Crippen molar-refractivity contribution >= 4 is 17.6 Å². The largest absolute Gasteiger partial charge is 0.380 e. The number of ether oxygens (including phenoxy) is 1. The minimum atomic E-state index is -0.638. The van der Waals surface area contributed by atoms with E-state index in [2.05, 4.69) is 41.5 Å². The molecule has 170 valence electrons. The Morgan fingerprint density at radius 2 is 2.12 bits per heavy atom. The van der Waals surface area contributed by atoms with Gasteiger partial charge in [0.2, 0.25) is 5.91 Å². The number of hydrogen-bond acceptors (Lipinski definition) is 4.